The van der Waals surface area contributed by atoms with Crippen molar-refractivity contribution in [2.24, 2.45) is 0 Å². The summed E-state index contributed by atoms with van der Waals surface area (Å²) in [6, 6.07) is 10.9. The Kier molecular flexibility index (Phi) is 5.41. The van der Waals surface area contributed by atoms with E-state index in [0.29, 0.717) is 0 Å². The van der Waals surface area contributed by atoms with E-state index in [1.165, 1.54) is 16.3 Å². The number of anilines is 1. The maximum absolute atomic E-state index is 12.2. The summed E-state index contributed by atoms with van der Waals surface area (Å²) in [6.07, 6.45) is 0.768. The van der Waals surface area contributed by atoms with Gasteiger partial charge in [0.05, 0.1) is 0 Å². The molecule has 1 aromatic carbocycles. The minimum atomic E-state index is -0.453. The van der Waals surface area contributed by atoms with Crippen LogP contribution in [0.25, 0.3) is 0 Å². The molecular formula is C14H23NO2Si. The zero-order valence-electron chi connectivity index (χ0n) is 11.8. The highest BCUT2D eigenvalue weighted by atomic mass is 28.1. The summed E-state index contributed by atoms with van der Waals surface area (Å²) in [6.45, 7) is 6.39. The molecule has 0 spiro atoms. The summed E-state index contributed by atoms with van der Waals surface area (Å²) >= 11 is 0. The molecule has 0 aliphatic heterocycles. The van der Waals surface area contributed by atoms with E-state index >= 15 is 0 Å². The van der Waals surface area contributed by atoms with Crippen molar-refractivity contribution in [1.82, 2.24) is 0 Å². The van der Waals surface area contributed by atoms with Crippen LogP contribution in [0.1, 0.15) is 27.2 Å². The molecular weight excluding hydrogens is 242 g/mol. The summed E-state index contributed by atoms with van der Waals surface area (Å²) in [4.78, 5) is 13.9. The molecule has 0 saturated heterocycles. The van der Waals surface area contributed by atoms with Crippen molar-refractivity contribution in [3.05, 3.63) is 30.3 Å². The van der Waals surface area contributed by atoms with Crippen molar-refractivity contribution >= 4 is 22.0 Å². The molecule has 1 amide bonds. The summed E-state index contributed by atoms with van der Waals surface area (Å²) in [5, 5.41) is 0. The van der Waals surface area contributed by atoms with Crippen LogP contribution in [0.4, 0.5) is 10.5 Å². The van der Waals surface area contributed by atoms with Crippen molar-refractivity contribution in [3.8, 4) is 0 Å². The van der Waals surface area contributed by atoms with Gasteiger partial charge in [-0.2, -0.15) is 0 Å². The van der Waals surface area contributed by atoms with Crippen LogP contribution < -0.4 is 4.90 Å². The molecule has 0 aromatic heterocycles. The van der Waals surface area contributed by atoms with E-state index in [1.807, 2.05) is 51.1 Å². The standard InChI is InChI=1S/C14H23NO2Si/c1-14(2,3)17-13(16)15(10-7-11-18)12-8-5-4-6-9-12/h4-6,8-9H,7,10-11H2,1-3,18H3. The predicted octanol–water partition coefficient (Wildman–Crippen LogP) is 2.60. The van der Waals surface area contributed by atoms with E-state index in [1.54, 1.807) is 4.90 Å². The topological polar surface area (TPSA) is 29.5 Å². The Balaban J connectivity index is 2.82. The van der Waals surface area contributed by atoms with Crippen molar-refractivity contribution in [2.75, 3.05) is 11.4 Å². The van der Waals surface area contributed by atoms with Gasteiger partial charge >= 0.3 is 6.09 Å². The number of nitrogens with zero attached hydrogens (tertiary/aromatic N) is 1. The van der Waals surface area contributed by atoms with Crippen LogP contribution in [-0.4, -0.2) is 28.5 Å². The van der Waals surface area contributed by atoms with Crippen LogP contribution in [0.2, 0.25) is 6.04 Å². The molecule has 18 heavy (non-hydrogen) atoms. The van der Waals surface area contributed by atoms with Gasteiger partial charge in [0, 0.05) is 22.5 Å². The fourth-order valence-electron chi connectivity index (χ4n) is 1.57. The fraction of sp³-hybridized carbons (Fsp3) is 0.500. The van der Waals surface area contributed by atoms with Crippen LogP contribution in [0.3, 0.4) is 0 Å². The van der Waals surface area contributed by atoms with Gasteiger partial charge in [-0.15, -0.1) is 0 Å². The van der Waals surface area contributed by atoms with Gasteiger partial charge < -0.3 is 4.74 Å². The third-order valence-electron chi connectivity index (χ3n) is 2.42. The van der Waals surface area contributed by atoms with E-state index in [9.17, 15) is 4.79 Å². The third-order valence-corrected chi connectivity index (χ3v) is 3.12. The van der Waals surface area contributed by atoms with Gasteiger partial charge in [-0.05, 0) is 39.3 Å². The first-order valence-corrected chi connectivity index (χ1v) is 7.91. The molecule has 0 heterocycles. The van der Waals surface area contributed by atoms with E-state index in [2.05, 4.69) is 0 Å². The molecule has 0 aliphatic carbocycles. The number of carbonyl (C=O) groups is 1. The highest BCUT2D eigenvalue weighted by molar-refractivity contribution is 6.08. The summed E-state index contributed by atoms with van der Waals surface area (Å²) in [7, 11) is 1.17. The van der Waals surface area contributed by atoms with Gasteiger partial charge in [0.1, 0.15) is 5.60 Å². The average molecular weight is 265 g/mol. The lowest BCUT2D eigenvalue weighted by Crippen LogP contribution is -2.37. The van der Waals surface area contributed by atoms with Crippen molar-refractivity contribution in [3.63, 3.8) is 0 Å². The minimum Gasteiger partial charge on any atom is -0.443 e. The third kappa shape index (κ3) is 4.92. The Bertz CT molecular complexity index is 373. The lowest BCUT2D eigenvalue weighted by Gasteiger charge is -2.27. The van der Waals surface area contributed by atoms with Gasteiger partial charge in [0.15, 0.2) is 0 Å². The maximum atomic E-state index is 12.2. The molecule has 0 unspecified atom stereocenters. The minimum absolute atomic E-state index is 0.260. The second-order valence-corrected chi connectivity index (χ2v) is 6.32. The first kappa shape index (κ1) is 14.8. The predicted molar refractivity (Wildman–Crippen MR) is 79.4 cm³/mol. The average Bonchev–Trinajstić information content (AvgIpc) is 2.28. The van der Waals surface area contributed by atoms with Gasteiger partial charge in [-0.3, -0.25) is 4.90 Å². The van der Waals surface area contributed by atoms with Crippen LogP contribution in [0.15, 0.2) is 30.3 Å². The van der Waals surface area contributed by atoms with Gasteiger partial charge in [-0.1, -0.05) is 24.2 Å². The summed E-state index contributed by atoms with van der Waals surface area (Å²) in [5.74, 6) is 0. The molecule has 0 aliphatic rings. The molecule has 3 nitrogen and oxygen atoms in total. The first-order chi connectivity index (χ1) is 8.44. The Hall–Kier alpha value is -1.29. The molecule has 4 heteroatoms. The van der Waals surface area contributed by atoms with Gasteiger partial charge in [0.2, 0.25) is 0 Å². The smallest absolute Gasteiger partial charge is 0.414 e. The normalized spacial score (nSPS) is 11.3. The number of ether oxygens (including phenoxy) is 1. The second-order valence-electron chi connectivity index (χ2n) is 5.32. The van der Waals surface area contributed by atoms with Gasteiger partial charge in [0.25, 0.3) is 0 Å². The Morgan fingerprint density at radius 2 is 1.89 bits per heavy atom. The van der Waals surface area contributed by atoms with E-state index < -0.39 is 5.60 Å². The number of carbonyl (C=O) groups excluding carboxylic acids is 1. The first-order valence-electron chi connectivity index (χ1n) is 6.49. The molecule has 0 N–H and O–H groups in total. The van der Waals surface area contributed by atoms with Crippen LogP contribution >= 0.6 is 0 Å². The van der Waals surface area contributed by atoms with Crippen LogP contribution in [-0.2, 0) is 4.74 Å². The quantitative estimate of drug-likeness (QED) is 0.783. The zero-order valence-corrected chi connectivity index (χ0v) is 13.8. The Morgan fingerprint density at radius 1 is 1.28 bits per heavy atom. The molecule has 0 bridgehead atoms. The molecule has 0 saturated carbocycles. The van der Waals surface area contributed by atoms with Crippen LogP contribution in [0, 0.1) is 0 Å². The SMILES string of the molecule is CC(C)(C)OC(=O)N(CCC[SiH3])c1ccccc1. The number of hydrogen-bond donors (Lipinski definition) is 0. The lowest BCUT2D eigenvalue weighted by atomic mass is 10.2. The van der Waals surface area contributed by atoms with E-state index in [4.69, 9.17) is 4.74 Å². The monoisotopic (exact) mass is 265 g/mol. The van der Waals surface area contributed by atoms with Crippen LogP contribution in [0.5, 0.6) is 0 Å². The highest BCUT2D eigenvalue weighted by Gasteiger charge is 2.22. The van der Waals surface area contributed by atoms with Crippen molar-refractivity contribution in [2.45, 2.75) is 38.8 Å². The number of para-hydroxylation sites is 1. The Morgan fingerprint density at radius 3 is 2.39 bits per heavy atom. The van der Waals surface area contributed by atoms with E-state index in [-0.39, 0.29) is 6.09 Å². The van der Waals surface area contributed by atoms with Gasteiger partial charge in [-0.25, -0.2) is 4.79 Å². The maximum Gasteiger partial charge on any atom is 0.414 e. The number of benzene rings is 1. The largest absolute Gasteiger partial charge is 0.443 e. The molecule has 100 valence electrons. The highest BCUT2D eigenvalue weighted by Crippen LogP contribution is 2.18. The molecule has 1 aromatic rings. The molecule has 1 rings (SSSR count). The number of hydrogen-bond acceptors (Lipinski definition) is 2. The summed E-state index contributed by atoms with van der Waals surface area (Å²) < 4.78 is 5.45. The Labute approximate surface area is 113 Å². The number of amides is 1. The summed E-state index contributed by atoms with van der Waals surface area (Å²) in [5.41, 5.74) is 0.451. The second kappa shape index (κ2) is 6.59. The van der Waals surface area contributed by atoms with E-state index in [0.717, 1.165) is 18.7 Å². The molecule has 0 radical (unpaired) electrons. The molecule has 0 atom stereocenters. The molecule has 0 fully saturated rings. The lowest BCUT2D eigenvalue weighted by molar-refractivity contribution is 0.0580. The zero-order chi connectivity index (χ0) is 13.6. The number of rotatable bonds is 4. The van der Waals surface area contributed by atoms with Crippen molar-refractivity contribution in [1.29, 1.82) is 0 Å². The van der Waals surface area contributed by atoms with Crippen molar-refractivity contribution < 1.29 is 9.53 Å². The fourth-order valence-corrected chi connectivity index (χ4v) is 1.88.